The number of carbonyl (C=O) groups is 1. The van der Waals surface area contributed by atoms with Crippen LogP contribution >= 0.6 is 0 Å². The highest BCUT2D eigenvalue weighted by molar-refractivity contribution is 7.89. The van der Waals surface area contributed by atoms with E-state index in [4.69, 9.17) is 0 Å². The lowest BCUT2D eigenvalue weighted by atomic mass is 10.0. The molecule has 1 heterocycles. The Morgan fingerprint density at radius 2 is 2.05 bits per heavy atom. The summed E-state index contributed by atoms with van der Waals surface area (Å²) in [6, 6.07) is 13.4. The number of fused-ring (bicyclic) bond motifs is 1. The average molecular weight is 315 g/mol. The minimum absolute atomic E-state index is 0.00781. The summed E-state index contributed by atoms with van der Waals surface area (Å²) < 4.78 is 14.6. The van der Waals surface area contributed by atoms with E-state index in [2.05, 4.69) is 15.4 Å². The second kappa shape index (κ2) is 6.39. The van der Waals surface area contributed by atoms with Gasteiger partial charge < -0.3 is 15.2 Å². The zero-order chi connectivity index (χ0) is 15.5. The van der Waals surface area contributed by atoms with Gasteiger partial charge in [0.1, 0.15) is 0 Å². The topological polar surface area (TPSA) is 76.2 Å². The predicted octanol–water partition coefficient (Wildman–Crippen LogP) is 2.35. The van der Waals surface area contributed by atoms with Gasteiger partial charge in [-0.2, -0.15) is 0 Å². The fourth-order valence-electron chi connectivity index (χ4n) is 2.50. The molecule has 5 nitrogen and oxygen atoms in total. The summed E-state index contributed by atoms with van der Waals surface area (Å²) in [4.78, 5) is 12.4. The van der Waals surface area contributed by atoms with Crippen molar-refractivity contribution in [2.24, 2.45) is 0 Å². The molecular formula is C16H17N3O2S. The van der Waals surface area contributed by atoms with Gasteiger partial charge in [-0.05, 0) is 17.7 Å². The molecule has 1 unspecified atom stereocenters. The summed E-state index contributed by atoms with van der Waals surface area (Å²) in [7, 11) is 1.66. The third-order valence-corrected chi connectivity index (χ3v) is 4.59. The maximum atomic E-state index is 11.9. The molecule has 3 N–H and O–H groups in total. The molecule has 114 valence electrons. The number of hydrogen-bond donors (Lipinski definition) is 3. The number of benzene rings is 2. The molecule has 1 atom stereocenters. The Bertz CT molecular complexity index is 706. The fraction of sp³-hybridized carbons (Fsp3) is 0.188. The van der Waals surface area contributed by atoms with Crippen LogP contribution in [-0.2, 0) is 16.2 Å². The maximum Gasteiger partial charge on any atom is 0.226 e. The number of hydrogen-bond acceptors (Lipinski definition) is 4. The van der Waals surface area contributed by atoms with Crippen LogP contribution in [0.1, 0.15) is 6.42 Å². The Morgan fingerprint density at radius 3 is 2.86 bits per heavy atom. The smallest absolute Gasteiger partial charge is 0.226 e. The Labute approximate surface area is 132 Å². The molecule has 0 aromatic heterocycles. The molecule has 3 rings (SSSR count). The molecule has 2 aromatic rings. The normalized spacial score (nSPS) is 15.3. The van der Waals surface area contributed by atoms with E-state index >= 15 is 0 Å². The van der Waals surface area contributed by atoms with Crippen LogP contribution in [0.3, 0.4) is 0 Å². The van der Waals surface area contributed by atoms with Crippen molar-refractivity contribution < 1.29 is 9.35 Å². The molecule has 0 fully saturated rings. The van der Waals surface area contributed by atoms with Crippen LogP contribution < -0.4 is 15.4 Å². The van der Waals surface area contributed by atoms with Crippen LogP contribution in [0.4, 0.5) is 11.4 Å². The first kappa shape index (κ1) is 14.9. The first-order valence-electron chi connectivity index (χ1n) is 7.05. The molecule has 0 saturated carbocycles. The van der Waals surface area contributed by atoms with Gasteiger partial charge in [-0.25, -0.2) is 0 Å². The molecule has 22 heavy (non-hydrogen) atoms. The van der Waals surface area contributed by atoms with Gasteiger partial charge >= 0.3 is 0 Å². The van der Waals surface area contributed by atoms with Crippen molar-refractivity contribution in [3.63, 3.8) is 0 Å². The molecule has 1 amide bonds. The first-order valence-corrected chi connectivity index (χ1v) is 8.20. The standard InChI is InChI=1S/C16H17N3O2S/c1-17-22(21)12-5-2-4-11(10-12)13-6-3-7-14-16(13)18-9-8-15(20)19-14/h2-7,10,17-18H,8-9H2,1H3,(H,19,20). The highest BCUT2D eigenvalue weighted by Crippen LogP contribution is 2.36. The summed E-state index contributed by atoms with van der Waals surface area (Å²) >= 11 is -1.23. The molecule has 0 bridgehead atoms. The summed E-state index contributed by atoms with van der Waals surface area (Å²) in [6.07, 6.45) is 0.442. The molecule has 0 aliphatic carbocycles. The number of carbonyl (C=O) groups excluding carboxylic acids is 1. The Kier molecular flexibility index (Phi) is 4.33. The monoisotopic (exact) mass is 315 g/mol. The lowest BCUT2D eigenvalue weighted by Crippen LogP contribution is -2.18. The van der Waals surface area contributed by atoms with Gasteiger partial charge in [-0.1, -0.05) is 24.3 Å². The quantitative estimate of drug-likeness (QED) is 0.760. The molecule has 2 aromatic carbocycles. The van der Waals surface area contributed by atoms with Gasteiger partial charge in [-0.3, -0.25) is 4.79 Å². The van der Waals surface area contributed by atoms with Gasteiger partial charge in [0, 0.05) is 31.6 Å². The van der Waals surface area contributed by atoms with Crippen molar-refractivity contribution in [2.45, 2.75) is 11.3 Å². The number of amides is 1. The van der Waals surface area contributed by atoms with Gasteiger partial charge in [0.15, 0.2) is 4.90 Å². The van der Waals surface area contributed by atoms with Gasteiger partial charge in [0.25, 0.3) is 0 Å². The third kappa shape index (κ3) is 2.94. The average Bonchev–Trinajstić information content (AvgIpc) is 2.74. The minimum atomic E-state index is -1.23. The van der Waals surface area contributed by atoms with E-state index in [0.29, 0.717) is 13.0 Å². The Hall–Kier alpha value is -2.02. The van der Waals surface area contributed by atoms with Crippen LogP contribution in [0.25, 0.3) is 11.1 Å². The molecule has 6 heteroatoms. The molecule has 0 radical (unpaired) electrons. The predicted molar refractivity (Wildman–Crippen MR) is 89.1 cm³/mol. The van der Waals surface area contributed by atoms with E-state index in [0.717, 1.165) is 27.4 Å². The van der Waals surface area contributed by atoms with E-state index < -0.39 is 11.4 Å². The van der Waals surface area contributed by atoms with E-state index in [9.17, 15) is 9.35 Å². The SMILES string of the molecule is CN[S+]([O-])c1cccc(-c2cccc3c2NCCC(=O)N3)c1. The van der Waals surface area contributed by atoms with Crippen molar-refractivity contribution in [1.82, 2.24) is 4.72 Å². The van der Waals surface area contributed by atoms with E-state index in [-0.39, 0.29) is 5.91 Å². The van der Waals surface area contributed by atoms with E-state index in [1.54, 1.807) is 7.05 Å². The fourth-order valence-corrected chi connectivity index (χ4v) is 3.17. The summed E-state index contributed by atoms with van der Waals surface area (Å²) in [5, 5.41) is 6.22. The van der Waals surface area contributed by atoms with Gasteiger partial charge in [0.05, 0.1) is 22.7 Å². The Balaban J connectivity index is 2.06. The van der Waals surface area contributed by atoms with Crippen molar-refractivity contribution >= 4 is 28.6 Å². The number of para-hydroxylation sites is 1. The van der Waals surface area contributed by atoms with Crippen molar-refractivity contribution in [2.75, 3.05) is 24.2 Å². The summed E-state index contributed by atoms with van der Waals surface area (Å²) in [6.45, 7) is 0.595. The van der Waals surface area contributed by atoms with E-state index in [1.807, 2.05) is 42.5 Å². The van der Waals surface area contributed by atoms with Crippen LogP contribution in [-0.4, -0.2) is 24.1 Å². The highest BCUT2D eigenvalue weighted by Gasteiger charge is 2.17. The maximum absolute atomic E-state index is 11.9. The summed E-state index contributed by atoms with van der Waals surface area (Å²) in [5.41, 5.74) is 3.62. The molecule has 0 saturated heterocycles. The number of nitrogens with one attached hydrogen (secondary N) is 3. The second-order valence-corrected chi connectivity index (χ2v) is 6.37. The zero-order valence-electron chi connectivity index (χ0n) is 12.2. The highest BCUT2D eigenvalue weighted by atomic mass is 32.2. The number of rotatable bonds is 3. The van der Waals surface area contributed by atoms with Crippen LogP contribution in [0, 0.1) is 0 Å². The molecule has 1 aliphatic heterocycles. The van der Waals surface area contributed by atoms with Crippen molar-refractivity contribution in [1.29, 1.82) is 0 Å². The van der Waals surface area contributed by atoms with Crippen LogP contribution in [0.2, 0.25) is 0 Å². The van der Waals surface area contributed by atoms with Crippen molar-refractivity contribution in [3.05, 3.63) is 42.5 Å². The third-order valence-electron chi connectivity index (χ3n) is 3.54. The van der Waals surface area contributed by atoms with E-state index in [1.165, 1.54) is 0 Å². The molecule has 0 spiro atoms. The largest absolute Gasteiger partial charge is 0.593 e. The number of anilines is 2. The van der Waals surface area contributed by atoms with Gasteiger partial charge in [0.2, 0.25) is 5.91 Å². The second-order valence-electron chi connectivity index (χ2n) is 4.95. The lowest BCUT2D eigenvalue weighted by molar-refractivity contribution is -0.115. The first-order chi connectivity index (χ1) is 10.7. The zero-order valence-corrected chi connectivity index (χ0v) is 13.0. The lowest BCUT2D eigenvalue weighted by Gasteiger charge is -2.14. The molecular weight excluding hydrogens is 298 g/mol. The minimum Gasteiger partial charge on any atom is -0.593 e. The van der Waals surface area contributed by atoms with Gasteiger partial charge in [-0.15, -0.1) is 4.72 Å². The summed E-state index contributed by atoms with van der Waals surface area (Å²) in [5.74, 6) is 0.00781. The Morgan fingerprint density at radius 1 is 1.23 bits per heavy atom. The van der Waals surface area contributed by atoms with Crippen LogP contribution in [0.15, 0.2) is 47.4 Å². The molecule has 1 aliphatic rings. The van der Waals surface area contributed by atoms with Crippen LogP contribution in [0.5, 0.6) is 0 Å². The van der Waals surface area contributed by atoms with Crippen molar-refractivity contribution in [3.8, 4) is 11.1 Å².